The Labute approximate surface area is 116 Å². The zero-order valence-electron chi connectivity index (χ0n) is 11.5. The smallest absolute Gasteiger partial charge is 0.344 e. The van der Waals surface area contributed by atoms with Gasteiger partial charge in [0.2, 0.25) is 0 Å². The monoisotopic (exact) mass is 282 g/mol. The molecular weight excluding hydrogens is 264 g/mol. The summed E-state index contributed by atoms with van der Waals surface area (Å²) in [5.74, 6) is -1.14. The lowest BCUT2D eigenvalue weighted by atomic mass is 10.1. The summed E-state index contributed by atoms with van der Waals surface area (Å²) in [5, 5.41) is 22.9. The number of carbonyl (C=O) groups is 1. The van der Waals surface area contributed by atoms with Crippen molar-refractivity contribution in [2.45, 2.75) is 32.4 Å². The van der Waals surface area contributed by atoms with Gasteiger partial charge in [0.25, 0.3) is 0 Å². The fourth-order valence-electron chi connectivity index (χ4n) is 1.77. The standard InChI is InChI=1S/C13H18N2O5/c1-3-4-11(13(16)17)20-12-7-9(8-14-2)5-6-10(12)15(18)19/h5-7,11,14H,3-4,8H2,1-2H3,(H,16,17). The lowest BCUT2D eigenvalue weighted by molar-refractivity contribution is -0.386. The molecular formula is C13H18N2O5. The summed E-state index contributed by atoms with van der Waals surface area (Å²) in [5.41, 5.74) is 0.556. The molecule has 0 spiro atoms. The van der Waals surface area contributed by atoms with Crippen LogP contribution in [-0.2, 0) is 11.3 Å². The van der Waals surface area contributed by atoms with Gasteiger partial charge >= 0.3 is 11.7 Å². The minimum atomic E-state index is -1.12. The van der Waals surface area contributed by atoms with Gasteiger partial charge in [0, 0.05) is 12.6 Å². The van der Waals surface area contributed by atoms with Crippen LogP contribution in [0, 0.1) is 10.1 Å². The molecule has 110 valence electrons. The van der Waals surface area contributed by atoms with Crippen molar-refractivity contribution >= 4 is 11.7 Å². The van der Waals surface area contributed by atoms with Crippen molar-refractivity contribution in [2.24, 2.45) is 0 Å². The van der Waals surface area contributed by atoms with Crippen molar-refractivity contribution in [3.05, 3.63) is 33.9 Å². The van der Waals surface area contributed by atoms with Crippen LogP contribution in [-0.4, -0.2) is 29.2 Å². The Morgan fingerprint density at radius 3 is 2.75 bits per heavy atom. The van der Waals surface area contributed by atoms with E-state index in [2.05, 4.69) is 5.32 Å². The quantitative estimate of drug-likeness (QED) is 0.558. The van der Waals surface area contributed by atoms with E-state index in [4.69, 9.17) is 9.84 Å². The molecule has 7 nitrogen and oxygen atoms in total. The maximum Gasteiger partial charge on any atom is 0.344 e. The molecule has 0 aliphatic carbocycles. The fourth-order valence-corrected chi connectivity index (χ4v) is 1.77. The molecule has 0 aromatic heterocycles. The summed E-state index contributed by atoms with van der Waals surface area (Å²) < 4.78 is 5.33. The average Bonchev–Trinajstić information content (AvgIpc) is 2.38. The van der Waals surface area contributed by atoms with E-state index in [0.29, 0.717) is 19.4 Å². The summed E-state index contributed by atoms with van der Waals surface area (Å²) in [7, 11) is 1.75. The van der Waals surface area contributed by atoms with Gasteiger partial charge in [-0.1, -0.05) is 19.4 Å². The average molecular weight is 282 g/mol. The molecule has 2 N–H and O–H groups in total. The molecule has 20 heavy (non-hydrogen) atoms. The Hall–Kier alpha value is -2.15. The zero-order chi connectivity index (χ0) is 15.1. The van der Waals surface area contributed by atoms with Gasteiger partial charge in [-0.2, -0.15) is 0 Å². The molecule has 7 heteroatoms. The highest BCUT2D eigenvalue weighted by Crippen LogP contribution is 2.29. The Bertz CT molecular complexity index is 490. The lowest BCUT2D eigenvalue weighted by Crippen LogP contribution is -2.27. The summed E-state index contributed by atoms with van der Waals surface area (Å²) in [6.07, 6.45) is -0.174. The van der Waals surface area contributed by atoms with Gasteiger partial charge in [0.15, 0.2) is 11.9 Å². The maximum atomic E-state index is 11.1. The number of hydrogen-bond acceptors (Lipinski definition) is 5. The molecule has 1 unspecified atom stereocenters. The van der Waals surface area contributed by atoms with Gasteiger partial charge in [-0.05, 0) is 25.1 Å². The highest BCUT2D eigenvalue weighted by molar-refractivity contribution is 5.73. The molecule has 0 saturated carbocycles. The molecule has 1 aromatic rings. The number of hydrogen-bond donors (Lipinski definition) is 2. The van der Waals surface area contributed by atoms with Crippen LogP contribution in [0.2, 0.25) is 0 Å². The molecule has 0 fully saturated rings. The highest BCUT2D eigenvalue weighted by atomic mass is 16.6. The first-order valence-electron chi connectivity index (χ1n) is 6.31. The van der Waals surface area contributed by atoms with Gasteiger partial charge in [-0.3, -0.25) is 10.1 Å². The molecule has 1 aromatic carbocycles. The molecule has 1 atom stereocenters. The second kappa shape index (κ2) is 7.44. The Morgan fingerprint density at radius 1 is 1.55 bits per heavy atom. The van der Waals surface area contributed by atoms with Crippen molar-refractivity contribution in [2.75, 3.05) is 7.05 Å². The molecule has 0 heterocycles. The number of carboxylic acids is 1. The highest BCUT2D eigenvalue weighted by Gasteiger charge is 2.23. The van der Waals surface area contributed by atoms with Crippen LogP contribution in [0.1, 0.15) is 25.3 Å². The lowest BCUT2D eigenvalue weighted by Gasteiger charge is -2.15. The number of rotatable bonds is 8. The Balaban J connectivity index is 3.07. The summed E-state index contributed by atoms with van der Waals surface area (Å²) >= 11 is 0. The number of nitro benzene ring substituents is 1. The number of nitro groups is 1. The third kappa shape index (κ3) is 4.20. The number of ether oxygens (including phenoxy) is 1. The number of nitrogens with zero attached hydrogens (tertiary/aromatic N) is 1. The number of nitrogens with one attached hydrogen (secondary N) is 1. The molecule has 0 bridgehead atoms. The molecule has 0 aliphatic rings. The first-order chi connectivity index (χ1) is 9.49. The van der Waals surface area contributed by atoms with E-state index < -0.39 is 17.0 Å². The van der Waals surface area contributed by atoms with Crippen molar-refractivity contribution in [1.29, 1.82) is 0 Å². The van der Waals surface area contributed by atoms with E-state index in [1.165, 1.54) is 12.1 Å². The predicted molar refractivity (Wildman–Crippen MR) is 72.8 cm³/mol. The molecule has 0 radical (unpaired) electrons. The van der Waals surface area contributed by atoms with Crippen LogP contribution >= 0.6 is 0 Å². The number of aliphatic carboxylic acids is 1. The summed E-state index contributed by atoms with van der Waals surface area (Å²) in [4.78, 5) is 21.5. The van der Waals surface area contributed by atoms with Gasteiger partial charge in [0.05, 0.1) is 4.92 Å². The van der Waals surface area contributed by atoms with E-state index in [1.54, 1.807) is 13.1 Å². The summed E-state index contributed by atoms with van der Waals surface area (Å²) in [6, 6.07) is 4.43. The van der Waals surface area contributed by atoms with E-state index in [0.717, 1.165) is 5.56 Å². The normalized spacial score (nSPS) is 11.9. The van der Waals surface area contributed by atoms with Gasteiger partial charge in [0.1, 0.15) is 0 Å². The second-order valence-corrected chi connectivity index (χ2v) is 4.32. The SMILES string of the molecule is CCCC(Oc1cc(CNC)ccc1[N+](=O)[O-])C(=O)O. The van der Waals surface area contributed by atoms with Crippen molar-refractivity contribution in [3.63, 3.8) is 0 Å². The van der Waals surface area contributed by atoms with E-state index in [9.17, 15) is 14.9 Å². The summed E-state index contributed by atoms with van der Waals surface area (Å²) in [6.45, 7) is 2.34. The van der Waals surface area contributed by atoms with Crippen molar-refractivity contribution in [1.82, 2.24) is 5.32 Å². The van der Waals surface area contributed by atoms with E-state index >= 15 is 0 Å². The van der Waals surface area contributed by atoms with Crippen LogP contribution in [0.4, 0.5) is 5.69 Å². The third-order valence-electron chi connectivity index (χ3n) is 2.70. The van der Waals surface area contributed by atoms with Gasteiger partial charge in [-0.25, -0.2) is 4.79 Å². The van der Waals surface area contributed by atoms with E-state index in [-0.39, 0.29) is 11.4 Å². The Morgan fingerprint density at radius 2 is 2.25 bits per heavy atom. The molecule has 0 aliphatic heterocycles. The molecule has 1 rings (SSSR count). The van der Waals surface area contributed by atoms with Crippen molar-refractivity contribution in [3.8, 4) is 5.75 Å². The second-order valence-electron chi connectivity index (χ2n) is 4.32. The topological polar surface area (TPSA) is 102 Å². The van der Waals surface area contributed by atoms with Crippen molar-refractivity contribution < 1.29 is 19.6 Å². The predicted octanol–water partition coefficient (Wildman–Crippen LogP) is 1.95. The van der Waals surface area contributed by atoms with E-state index in [1.807, 2.05) is 6.92 Å². The maximum absolute atomic E-state index is 11.1. The number of carboxylic acid groups (broad SMARTS) is 1. The largest absolute Gasteiger partial charge is 0.479 e. The minimum Gasteiger partial charge on any atom is -0.479 e. The van der Waals surface area contributed by atoms with Gasteiger partial charge in [-0.15, -0.1) is 0 Å². The van der Waals surface area contributed by atoms with Crippen LogP contribution in [0.25, 0.3) is 0 Å². The molecule has 0 amide bonds. The van der Waals surface area contributed by atoms with Gasteiger partial charge < -0.3 is 15.2 Å². The van der Waals surface area contributed by atoms with Crippen LogP contribution in [0.3, 0.4) is 0 Å². The third-order valence-corrected chi connectivity index (χ3v) is 2.70. The first-order valence-corrected chi connectivity index (χ1v) is 6.31. The van der Waals surface area contributed by atoms with Crippen LogP contribution in [0.15, 0.2) is 18.2 Å². The Kier molecular flexibility index (Phi) is 5.92. The molecule has 0 saturated heterocycles. The fraction of sp³-hybridized carbons (Fsp3) is 0.462. The van der Waals surface area contributed by atoms with Crippen LogP contribution in [0.5, 0.6) is 5.75 Å². The zero-order valence-corrected chi connectivity index (χ0v) is 11.5. The van der Waals surface area contributed by atoms with Crippen LogP contribution < -0.4 is 10.1 Å². The minimum absolute atomic E-state index is 0.0106. The first kappa shape index (κ1) is 15.9. The number of benzene rings is 1.